The van der Waals surface area contributed by atoms with Gasteiger partial charge >= 0.3 is 5.69 Å². The third-order valence-electron chi connectivity index (χ3n) is 5.77. The number of H-pyrrole nitrogens is 1. The average molecular weight is 422 g/mol. The molecule has 0 bridgehead atoms. The molecule has 1 aromatic heterocycles. The summed E-state index contributed by atoms with van der Waals surface area (Å²) in [6.07, 6.45) is 2.13. The molecule has 0 unspecified atom stereocenters. The number of aromatic amines is 1. The monoisotopic (exact) mass is 421 g/mol. The lowest BCUT2D eigenvalue weighted by atomic mass is 9.94. The predicted octanol–water partition coefficient (Wildman–Crippen LogP) is 0.701. The molecule has 2 saturated heterocycles. The molecular weight excluding hydrogens is 394 g/mol. The number of benzene rings is 1. The van der Waals surface area contributed by atoms with Crippen LogP contribution in [0.25, 0.3) is 5.69 Å². The predicted molar refractivity (Wildman–Crippen MR) is 108 cm³/mol. The van der Waals surface area contributed by atoms with E-state index in [2.05, 4.69) is 10.2 Å². The summed E-state index contributed by atoms with van der Waals surface area (Å²) in [5.41, 5.74) is 1.58. The number of ether oxygens (including phenoxy) is 1. The second-order valence-electron chi connectivity index (χ2n) is 7.63. The van der Waals surface area contributed by atoms with Gasteiger partial charge in [-0.2, -0.15) is 22.1 Å². The topological polar surface area (TPSA) is 101 Å². The van der Waals surface area contributed by atoms with E-state index in [-0.39, 0.29) is 11.6 Å². The van der Waals surface area contributed by atoms with Crippen LogP contribution in [0.5, 0.6) is 0 Å². The van der Waals surface area contributed by atoms with Crippen molar-refractivity contribution >= 4 is 10.2 Å². The van der Waals surface area contributed by atoms with Crippen molar-refractivity contribution in [3.63, 3.8) is 0 Å². The van der Waals surface area contributed by atoms with Crippen LogP contribution in [0, 0.1) is 12.8 Å². The van der Waals surface area contributed by atoms with E-state index in [1.807, 2.05) is 31.2 Å². The molecule has 1 N–H and O–H groups in total. The van der Waals surface area contributed by atoms with Gasteiger partial charge in [-0.1, -0.05) is 18.2 Å². The Balaban J connectivity index is 1.43. The number of nitrogens with zero attached hydrogens (tertiary/aromatic N) is 4. The molecule has 2 fully saturated rings. The fraction of sp³-hybridized carbons (Fsp3) is 0.579. The van der Waals surface area contributed by atoms with E-state index in [1.54, 1.807) is 8.87 Å². The van der Waals surface area contributed by atoms with E-state index in [1.165, 1.54) is 4.31 Å². The highest BCUT2D eigenvalue weighted by Crippen LogP contribution is 2.25. The zero-order valence-corrected chi connectivity index (χ0v) is 17.4. The van der Waals surface area contributed by atoms with Crippen LogP contribution < -0.4 is 5.69 Å². The number of piperidine rings is 1. The molecule has 2 aromatic rings. The molecule has 2 aliphatic heterocycles. The number of aromatic nitrogens is 3. The Hall–Kier alpha value is -2.01. The quantitative estimate of drug-likeness (QED) is 0.766. The van der Waals surface area contributed by atoms with Gasteiger partial charge in [0.25, 0.3) is 10.2 Å². The number of aryl methyl sites for hydroxylation is 1. The SMILES string of the molecule is Cc1ccccc1-n1c(CC2CCN(S(=O)(=O)N3CCOCC3)CC2)n[nH]c1=O. The van der Waals surface area contributed by atoms with Crippen LogP contribution in [0.15, 0.2) is 29.1 Å². The van der Waals surface area contributed by atoms with E-state index in [0.29, 0.717) is 51.6 Å². The highest BCUT2D eigenvalue weighted by Gasteiger charge is 2.34. The van der Waals surface area contributed by atoms with Crippen molar-refractivity contribution in [2.75, 3.05) is 39.4 Å². The minimum absolute atomic E-state index is 0.248. The minimum atomic E-state index is -3.42. The molecule has 0 spiro atoms. The van der Waals surface area contributed by atoms with Crippen molar-refractivity contribution in [2.24, 2.45) is 5.92 Å². The van der Waals surface area contributed by atoms with Crippen molar-refractivity contribution in [3.05, 3.63) is 46.1 Å². The van der Waals surface area contributed by atoms with Crippen LogP contribution in [0.1, 0.15) is 24.2 Å². The number of hydrogen-bond donors (Lipinski definition) is 1. The van der Waals surface area contributed by atoms with Crippen molar-refractivity contribution in [1.29, 1.82) is 0 Å². The molecule has 10 heteroatoms. The number of rotatable bonds is 5. The lowest BCUT2D eigenvalue weighted by molar-refractivity contribution is 0.0693. The smallest absolute Gasteiger partial charge is 0.347 e. The molecule has 2 aliphatic rings. The number of morpholine rings is 1. The Morgan fingerprint density at radius 2 is 1.76 bits per heavy atom. The van der Waals surface area contributed by atoms with Crippen LogP contribution in [-0.4, -0.2) is 71.2 Å². The Kier molecular flexibility index (Phi) is 5.86. The maximum Gasteiger partial charge on any atom is 0.347 e. The van der Waals surface area contributed by atoms with Gasteiger partial charge in [0.1, 0.15) is 5.82 Å². The normalized spacial score (nSPS) is 20.2. The van der Waals surface area contributed by atoms with Crippen LogP contribution >= 0.6 is 0 Å². The van der Waals surface area contributed by atoms with Crippen LogP contribution in [0.3, 0.4) is 0 Å². The molecule has 9 nitrogen and oxygen atoms in total. The van der Waals surface area contributed by atoms with Gasteiger partial charge in [0, 0.05) is 32.6 Å². The zero-order valence-electron chi connectivity index (χ0n) is 16.6. The fourth-order valence-electron chi connectivity index (χ4n) is 4.07. The molecule has 29 heavy (non-hydrogen) atoms. The average Bonchev–Trinajstić information content (AvgIpc) is 3.09. The lowest BCUT2D eigenvalue weighted by Crippen LogP contribution is -2.50. The van der Waals surface area contributed by atoms with E-state index >= 15 is 0 Å². The van der Waals surface area contributed by atoms with Gasteiger partial charge in [0.2, 0.25) is 0 Å². The van der Waals surface area contributed by atoms with E-state index in [0.717, 1.165) is 24.1 Å². The highest BCUT2D eigenvalue weighted by molar-refractivity contribution is 7.86. The molecule has 1 aromatic carbocycles. The van der Waals surface area contributed by atoms with Gasteiger partial charge in [-0.3, -0.25) is 0 Å². The van der Waals surface area contributed by atoms with Crippen molar-refractivity contribution in [1.82, 2.24) is 23.4 Å². The first kappa shape index (κ1) is 20.3. The molecular formula is C19H27N5O4S. The van der Waals surface area contributed by atoms with Gasteiger partial charge in [-0.15, -0.1) is 0 Å². The molecule has 0 atom stereocenters. The van der Waals surface area contributed by atoms with E-state index in [9.17, 15) is 13.2 Å². The first-order valence-corrected chi connectivity index (χ1v) is 11.4. The standard InChI is InChI=1S/C19H27N5O4S/c1-15-4-2-3-5-17(15)24-18(20-21-19(24)25)14-16-6-8-22(9-7-16)29(26,27)23-10-12-28-13-11-23/h2-5,16H,6-14H2,1H3,(H,21,25). The first-order valence-electron chi connectivity index (χ1n) is 10.0. The van der Waals surface area contributed by atoms with Gasteiger partial charge in [-0.05, 0) is 37.3 Å². The van der Waals surface area contributed by atoms with E-state index in [4.69, 9.17) is 4.74 Å². The van der Waals surface area contributed by atoms with Crippen LogP contribution in [-0.2, 0) is 21.4 Å². The second-order valence-corrected chi connectivity index (χ2v) is 9.56. The van der Waals surface area contributed by atoms with Crippen molar-refractivity contribution in [3.8, 4) is 5.69 Å². The Morgan fingerprint density at radius 1 is 1.10 bits per heavy atom. The highest BCUT2D eigenvalue weighted by atomic mass is 32.2. The van der Waals surface area contributed by atoms with Gasteiger partial charge in [-0.25, -0.2) is 14.5 Å². The third kappa shape index (κ3) is 4.16. The number of nitrogens with one attached hydrogen (secondary N) is 1. The molecule has 0 radical (unpaired) electrons. The minimum Gasteiger partial charge on any atom is -0.379 e. The Labute approximate surface area is 170 Å². The number of para-hydroxylation sites is 1. The van der Waals surface area contributed by atoms with Crippen molar-refractivity contribution < 1.29 is 13.2 Å². The Morgan fingerprint density at radius 3 is 2.45 bits per heavy atom. The van der Waals surface area contributed by atoms with Crippen LogP contribution in [0.4, 0.5) is 0 Å². The second kappa shape index (κ2) is 8.39. The van der Waals surface area contributed by atoms with Gasteiger partial charge in [0.15, 0.2) is 0 Å². The van der Waals surface area contributed by atoms with Crippen molar-refractivity contribution in [2.45, 2.75) is 26.2 Å². The molecule has 0 amide bonds. The van der Waals surface area contributed by atoms with Crippen LogP contribution in [0.2, 0.25) is 0 Å². The maximum absolute atomic E-state index is 12.8. The van der Waals surface area contributed by atoms with Gasteiger partial charge in [0.05, 0.1) is 18.9 Å². The molecule has 4 rings (SSSR count). The summed E-state index contributed by atoms with van der Waals surface area (Å²) < 4.78 is 35.6. The summed E-state index contributed by atoms with van der Waals surface area (Å²) in [6.45, 7) is 4.67. The third-order valence-corrected chi connectivity index (χ3v) is 7.80. The molecule has 158 valence electrons. The van der Waals surface area contributed by atoms with Gasteiger partial charge < -0.3 is 4.74 Å². The summed E-state index contributed by atoms with van der Waals surface area (Å²) in [6, 6.07) is 7.72. The molecule has 3 heterocycles. The largest absolute Gasteiger partial charge is 0.379 e. The lowest BCUT2D eigenvalue weighted by Gasteiger charge is -2.36. The summed E-state index contributed by atoms with van der Waals surface area (Å²) in [7, 11) is -3.42. The number of hydrogen-bond acceptors (Lipinski definition) is 5. The van der Waals surface area contributed by atoms with E-state index < -0.39 is 10.2 Å². The maximum atomic E-state index is 12.8. The molecule has 0 aliphatic carbocycles. The summed E-state index contributed by atoms with van der Waals surface area (Å²) in [5.74, 6) is 0.975. The summed E-state index contributed by atoms with van der Waals surface area (Å²) in [5, 5.41) is 6.80. The first-order chi connectivity index (χ1) is 14.0. The summed E-state index contributed by atoms with van der Waals surface area (Å²) >= 11 is 0. The molecule has 0 saturated carbocycles. The zero-order chi connectivity index (χ0) is 20.4. The fourth-order valence-corrected chi connectivity index (χ4v) is 5.68. The summed E-state index contributed by atoms with van der Waals surface area (Å²) in [4.78, 5) is 12.3. The Bertz CT molecular complexity index is 1000.